The van der Waals surface area contributed by atoms with Crippen molar-refractivity contribution in [1.82, 2.24) is 5.32 Å². The van der Waals surface area contributed by atoms with E-state index in [2.05, 4.69) is 33.0 Å². The lowest BCUT2D eigenvalue weighted by Crippen LogP contribution is -2.57. The molecule has 214 valence electrons. The van der Waals surface area contributed by atoms with E-state index >= 15 is 0 Å². The van der Waals surface area contributed by atoms with Crippen molar-refractivity contribution >= 4 is 17.5 Å². The molecule has 4 aliphatic rings. The van der Waals surface area contributed by atoms with E-state index in [1.807, 2.05) is 18.2 Å². The third-order valence-electron chi connectivity index (χ3n) is 11.8. The van der Waals surface area contributed by atoms with E-state index in [1.165, 1.54) is 11.1 Å². The molecule has 6 rings (SSSR count). The first-order chi connectivity index (χ1) is 18.9. The molecular formula is C34H44N2O4. The maximum atomic E-state index is 14.1. The first-order valence-corrected chi connectivity index (χ1v) is 15.2. The highest BCUT2D eigenvalue weighted by Gasteiger charge is 2.55. The molecule has 2 aromatic rings. The maximum Gasteiger partial charge on any atom is 0.232 e. The number of hydrogen-bond acceptors (Lipinski definition) is 5. The molecule has 2 saturated carbocycles. The number of rotatable bonds is 2. The van der Waals surface area contributed by atoms with Crippen LogP contribution in [-0.4, -0.2) is 22.0 Å². The van der Waals surface area contributed by atoms with Gasteiger partial charge in [0.05, 0.1) is 16.5 Å². The van der Waals surface area contributed by atoms with Gasteiger partial charge in [-0.3, -0.25) is 14.9 Å². The van der Waals surface area contributed by atoms with E-state index in [0.717, 1.165) is 62.5 Å². The molecule has 40 heavy (non-hydrogen) atoms. The summed E-state index contributed by atoms with van der Waals surface area (Å²) in [6.45, 7) is 8.63. The van der Waals surface area contributed by atoms with Crippen LogP contribution in [0.25, 0.3) is 0 Å². The van der Waals surface area contributed by atoms with Crippen LogP contribution >= 0.6 is 0 Å². The van der Waals surface area contributed by atoms with Gasteiger partial charge in [-0.2, -0.15) is 0 Å². The van der Waals surface area contributed by atoms with Gasteiger partial charge >= 0.3 is 0 Å². The normalized spacial score (nSPS) is 36.4. The molecule has 0 bridgehead atoms. The minimum absolute atomic E-state index is 0.108. The van der Waals surface area contributed by atoms with Crippen LogP contribution in [0.2, 0.25) is 0 Å². The van der Waals surface area contributed by atoms with Gasteiger partial charge in [0.2, 0.25) is 11.8 Å². The second-order valence-corrected chi connectivity index (χ2v) is 14.0. The predicted octanol–water partition coefficient (Wildman–Crippen LogP) is 6.19. The van der Waals surface area contributed by atoms with Crippen LogP contribution in [-0.2, 0) is 22.4 Å². The number of phenolic OH excluding ortho intramolecular Hbond substituents is 2. The molecule has 2 fully saturated rings. The van der Waals surface area contributed by atoms with E-state index < -0.39 is 10.8 Å². The average molecular weight is 545 g/mol. The molecule has 6 nitrogen and oxygen atoms in total. The highest BCUT2D eigenvalue weighted by atomic mass is 16.3. The molecule has 0 heterocycles. The summed E-state index contributed by atoms with van der Waals surface area (Å²) in [6.07, 6.45) is 6.77. The number of anilines is 1. The summed E-state index contributed by atoms with van der Waals surface area (Å²) < 4.78 is 0. The third-order valence-corrected chi connectivity index (χ3v) is 11.8. The Bertz CT molecular complexity index is 1370. The summed E-state index contributed by atoms with van der Waals surface area (Å²) in [5, 5.41) is 23.4. The summed E-state index contributed by atoms with van der Waals surface area (Å²) in [5.74, 6) is 1.53. The van der Waals surface area contributed by atoms with E-state index in [4.69, 9.17) is 5.73 Å². The van der Waals surface area contributed by atoms with E-state index in [-0.39, 0.29) is 47.0 Å². The Labute approximate surface area is 237 Å². The third kappa shape index (κ3) is 4.04. The van der Waals surface area contributed by atoms with Crippen LogP contribution in [0.3, 0.4) is 0 Å². The number of hydrogen-bond donors (Lipinski definition) is 4. The number of benzene rings is 2. The van der Waals surface area contributed by atoms with Gasteiger partial charge in [-0.1, -0.05) is 33.8 Å². The molecule has 0 radical (unpaired) electrons. The molecule has 0 saturated heterocycles. The number of imide groups is 1. The fourth-order valence-electron chi connectivity index (χ4n) is 9.30. The summed E-state index contributed by atoms with van der Waals surface area (Å²) in [4.78, 5) is 28.3. The molecule has 4 aliphatic carbocycles. The lowest BCUT2D eigenvalue weighted by molar-refractivity contribution is -0.149. The van der Waals surface area contributed by atoms with Crippen molar-refractivity contribution in [3.05, 3.63) is 52.6 Å². The van der Waals surface area contributed by atoms with Crippen molar-refractivity contribution in [2.75, 3.05) is 5.73 Å². The Balaban J connectivity index is 1.27. The molecular weight excluding hydrogens is 500 g/mol. The van der Waals surface area contributed by atoms with Gasteiger partial charge in [-0.15, -0.1) is 0 Å². The fourth-order valence-corrected chi connectivity index (χ4v) is 9.30. The number of amides is 2. The molecule has 0 aromatic heterocycles. The molecule has 8 atom stereocenters. The largest absolute Gasteiger partial charge is 0.508 e. The molecule has 5 N–H and O–H groups in total. The SMILES string of the molecule is C[C@H]1CC[C@](C)(C(=O)NC(=O)[C@@]2(C)CC[C@H](C)[C@@H]3c4cc(N)c(O)cc4CC[C@H]32)[C@@H]2CCc3ccc(O)cc3[C@H]21. The van der Waals surface area contributed by atoms with Crippen molar-refractivity contribution in [1.29, 1.82) is 0 Å². The zero-order chi connectivity index (χ0) is 28.6. The quantitative estimate of drug-likeness (QED) is 0.205. The Morgan fingerprint density at radius 1 is 0.800 bits per heavy atom. The monoisotopic (exact) mass is 544 g/mol. The number of nitrogens with two attached hydrogens (primary N) is 1. The second-order valence-electron chi connectivity index (χ2n) is 14.0. The lowest BCUT2D eigenvalue weighted by Gasteiger charge is -2.52. The van der Waals surface area contributed by atoms with Gasteiger partial charge < -0.3 is 15.9 Å². The first kappa shape index (κ1) is 27.2. The fraction of sp³-hybridized carbons (Fsp3) is 0.588. The second kappa shape index (κ2) is 9.53. The molecule has 0 spiro atoms. The molecule has 2 amide bonds. The van der Waals surface area contributed by atoms with Gasteiger partial charge in [-0.25, -0.2) is 0 Å². The van der Waals surface area contributed by atoms with E-state index in [9.17, 15) is 19.8 Å². The maximum absolute atomic E-state index is 14.1. The number of phenols is 2. The number of nitrogens with one attached hydrogen (secondary N) is 1. The van der Waals surface area contributed by atoms with Crippen LogP contribution < -0.4 is 11.1 Å². The van der Waals surface area contributed by atoms with Crippen molar-refractivity contribution in [3.63, 3.8) is 0 Å². The Morgan fingerprint density at radius 2 is 1.32 bits per heavy atom. The Kier molecular flexibility index (Phi) is 6.47. The minimum Gasteiger partial charge on any atom is -0.508 e. The summed E-state index contributed by atoms with van der Waals surface area (Å²) in [5.41, 5.74) is 9.94. The number of fused-ring (bicyclic) bond motifs is 6. The predicted molar refractivity (Wildman–Crippen MR) is 156 cm³/mol. The minimum atomic E-state index is -0.653. The summed E-state index contributed by atoms with van der Waals surface area (Å²) in [7, 11) is 0. The number of nitrogen functional groups attached to an aromatic ring is 1. The zero-order valence-corrected chi connectivity index (χ0v) is 24.3. The summed E-state index contributed by atoms with van der Waals surface area (Å²) in [6, 6.07) is 9.40. The highest BCUT2D eigenvalue weighted by molar-refractivity contribution is 6.00. The number of carbonyl (C=O) groups excluding carboxylic acids is 2. The molecule has 0 unspecified atom stereocenters. The van der Waals surface area contributed by atoms with Crippen LogP contribution in [0.5, 0.6) is 11.5 Å². The molecule has 2 aromatic carbocycles. The zero-order valence-electron chi connectivity index (χ0n) is 24.3. The summed E-state index contributed by atoms with van der Waals surface area (Å²) >= 11 is 0. The number of carbonyl (C=O) groups is 2. The Hall–Kier alpha value is -3.02. The standard InChI is InChI=1S/C34H44N2O4/c1-18-11-13-33(3,25-9-6-20-5-8-22(37)16-23(20)29(18)25)31(39)36-32(40)34(4)14-12-19(2)30-24-17-27(35)28(38)15-21(24)7-10-26(30)34/h5,8,15-19,25-26,29-30,37-38H,6-7,9-14,35H2,1-4H3,(H,36,39,40)/t18-,19-,25+,26+,29+,30+,33-,34-/m0/s1. The number of aromatic hydroxyl groups is 2. The van der Waals surface area contributed by atoms with Crippen LogP contribution in [0.4, 0.5) is 5.69 Å². The van der Waals surface area contributed by atoms with Crippen molar-refractivity contribution in [3.8, 4) is 11.5 Å². The van der Waals surface area contributed by atoms with Gasteiger partial charge in [-0.05, 0) is 133 Å². The van der Waals surface area contributed by atoms with E-state index in [0.29, 0.717) is 17.5 Å². The van der Waals surface area contributed by atoms with Crippen molar-refractivity contribution in [2.45, 2.75) is 90.9 Å². The average Bonchev–Trinajstić information content (AvgIpc) is 2.92. The highest BCUT2D eigenvalue weighted by Crippen LogP contribution is 2.58. The van der Waals surface area contributed by atoms with Gasteiger partial charge in [0.1, 0.15) is 11.5 Å². The van der Waals surface area contributed by atoms with Crippen LogP contribution in [0.1, 0.15) is 100 Å². The van der Waals surface area contributed by atoms with Gasteiger partial charge in [0, 0.05) is 0 Å². The topological polar surface area (TPSA) is 113 Å². The molecule has 6 heteroatoms. The Morgan fingerprint density at radius 3 is 1.90 bits per heavy atom. The van der Waals surface area contributed by atoms with Crippen LogP contribution in [0, 0.1) is 34.5 Å². The molecule has 0 aliphatic heterocycles. The van der Waals surface area contributed by atoms with Gasteiger partial charge in [0.15, 0.2) is 0 Å². The van der Waals surface area contributed by atoms with Gasteiger partial charge in [0.25, 0.3) is 0 Å². The first-order valence-electron chi connectivity index (χ1n) is 15.2. The number of aryl methyl sites for hydroxylation is 2. The lowest BCUT2D eigenvalue weighted by atomic mass is 9.52. The van der Waals surface area contributed by atoms with Crippen molar-refractivity contribution < 1.29 is 19.8 Å². The van der Waals surface area contributed by atoms with Crippen LogP contribution in [0.15, 0.2) is 30.3 Å². The smallest absolute Gasteiger partial charge is 0.232 e. The van der Waals surface area contributed by atoms with E-state index in [1.54, 1.807) is 12.1 Å². The van der Waals surface area contributed by atoms with Crippen molar-refractivity contribution in [2.24, 2.45) is 34.5 Å².